The first-order valence-corrected chi connectivity index (χ1v) is 10.7. The van der Waals surface area contributed by atoms with Gasteiger partial charge >= 0.3 is 0 Å². The molecular formula is C23H30N4O2. The van der Waals surface area contributed by atoms with Gasteiger partial charge in [-0.15, -0.1) is 0 Å². The number of carbonyl (C=O) groups excluding carboxylic acids is 2. The van der Waals surface area contributed by atoms with Crippen LogP contribution in [0.25, 0.3) is 0 Å². The first-order valence-electron chi connectivity index (χ1n) is 10.7. The second-order valence-corrected chi connectivity index (χ2v) is 8.54. The quantitative estimate of drug-likeness (QED) is 0.857. The first kappa shape index (κ1) is 19.7. The lowest BCUT2D eigenvalue weighted by molar-refractivity contribution is 0.0678. The van der Waals surface area contributed by atoms with Gasteiger partial charge in [-0.3, -0.25) is 9.59 Å². The molecule has 6 heteroatoms. The minimum atomic E-state index is -0.223. The maximum absolute atomic E-state index is 13.2. The van der Waals surface area contributed by atoms with Crippen molar-refractivity contribution in [2.45, 2.75) is 59.4 Å². The van der Waals surface area contributed by atoms with Crippen LogP contribution in [0.15, 0.2) is 18.2 Å². The molecule has 1 N–H and O–H groups in total. The number of para-hydroxylation sites is 1. The summed E-state index contributed by atoms with van der Waals surface area (Å²) >= 11 is 0. The van der Waals surface area contributed by atoms with Crippen LogP contribution < -0.4 is 5.32 Å². The third kappa shape index (κ3) is 3.80. The number of imidazole rings is 1. The van der Waals surface area contributed by atoms with E-state index in [2.05, 4.69) is 17.2 Å². The van der Waals surface area contributed by atoms with Crippen LogP contribution >= 0.6 is 0 Å². The summed E-state index contributed by atoms with van der Waals surface area (Å²) < 4.78 is 1.99. The highest BCUT2D eigenvalue weighted by Gasteiger charge is 2.31. The number of likely N-dealkylation sites (tertiary alicyclic amines) is 1. The van der Waals surface area contributed by atoms with Crippen LogP contribution in [0.4, 0.5) is 5.69 Å². The lowest BCUT2D eigenvalue weighted by atomic mass is 9.99. The molecule has 0 radical (unpaired) electrons. The summed E-state index contributed by atoms with van der Waals surface area (Å²) in [4.78, 5) is 32.8. The summed E-state index contributed by atoms with van der Waals surface area (Å²) in [7, 11) is 0. The fourth-order valence-corrected chi connectivity index (χ4v) is 4.43. The average molecular weight is 395 g/mol. The van der Waals surface area contributed by atoms with Crippen LogP contribution in [-0.4, -0.2) is 39.4 Å². The van der Waals surface area contributed by atoms with Crippen molar-refractivity contribution in [1.82, 2.24) is 14.5 Å². The van der Waals surface area contributed by atoms with Crippen LogP contribution in [0.2, 0.25) is 0 Å². The second kappa shape index (κ2) is 8.01. The van der Waals surface area contributed by atoms with E-state index in [1.165, 1.54) is 0 Å². The first-order chi connectivity index (χ1) is 14.0. The fraction of sp³-hybridized carbons (Fsp3) is 0.522. The molecule has 0 saturated carbocycles. The van der Waals surface area contributed by atoms with E-state index in [0.717, 1.165) is 74.2 Å². The third-order valence-electron chi connectivity index (χ3n) is 6.31. The van der Waals surface area contributed by atoms with Crippen molar-refractivity contribution in [1.29, 1.82) is 0 Å². The van der Waals surface area contributed by atoms with E-state index < -0.39 is 0 Å². The van der Waals surface area contributed by atoms with Gasteiger partial charge in [-0.1, -0.05) is 25.1 Å². The van der Waals surface area contributed by atoms with Crippen molar-refractivity contribution >= 4 is 17.5 Å². The number of amides is 2. The Kier molecular flexibility index (Phi) is 5.43. The number of benzene rings is 1. The number of nitrogens with zero attached hydrogens (tertiary/aromatic N) is 3. The topological polar surface area (TPSA) is 67.2 Å². The van der Waals surface area contributed by atoms with Gasteiger partial charge in [0.25, 0.3) is 11.8 Å². The van der Waals surface area contributed by atoms with Gasteiger partial charge in [-0.2, -0.15) is 0 Å². The lowest BCUT2D eigenvalue weighted by Crippen LogP contribution is -2.39. The summed E-state index contributed by atoms with van der Waals surface area (Å²) in [6.07, 6.45) is 4.87. The Hall–Kier alpha value is -2.63. The van der Waals surface area contributed by atoms with Crippen molar-refractivity contribution in [3.63, 3.8) is 0 Å². The van der Waals surface area contributed by atoms with Crippen molar-refractivity contribution in [3.8, 4) is 0 Å². The predicted molar refractivity (Wildman–Crippen MR) is 113 cm³/mol. The van der Waals surface area contributed by atoms with Gasteiger partial charge in [-0.05, 0) is 63.0 Å². The molecule has 2 aliphatic heterocycles. The number of anilines is 1. The molecule has 0 unspecified atom stereocenters. The highest BCUT2D eigenvalue weighted by molar-refractivity contribution is 6.05. The van der Waals surface area contributed by atoms with Crippen LogP contribution in [-0.2, 0) is 13.0 Å². The Bertz CT molecular complexity index is 918. The van der Waals surface area contributed by atoms with Crippen LogP contribution in [0, 0.1) is 19.8 Å². The summed E-state index contributed by atoms with van der Waals surface area (Å²) in [6.45, 7) is 8.49. The van der Waals surface area contributed by atoms with Gasteiger partial charge in [0.2, 0.25) is 0 Å². The Morgan fingerprint density at radius 2 is 1.76 bits per heavy atom. The fourth-order valence-electron chi connectivity index (χ4n) is 4.43. The molecule has 1 aromatic heterocycles. The standard InChI is InChI=1S/C23H30N4O2/c1-15-10-13-26(14-11-15)23(29)21-24-20(18-9-4-5-12-27(18)21)22(28)25-19-16(2)7-6-8-17(19)3/h6-8,15H,4-5,9-14H2,1-3H3,(H,25,28). The molecule has 6 nitrogen and oxygen atoms in total. The molecule has 29 heavy (non-hydrogen) atoms. The van der Waals surface area contributed by atoms with Gasteiger partial charge in [0.05, 0.1) is 5.69 Å². The van der Waals surface area contributed by atoms with Gasteiger partial charge in [0.1, 0.15) is 0 Å². The molecule has 0 aliphatic carbocycles. The van der Waals surface area contributed by atoms with E-state index in [9.17, 15) is 9.59 Å². The summed E-state index contributed by atoms with van der Waals surface area (Å²) in [5.74, 6) is 0.832. The Morgan fingerprint density at radius 1 is 1.07 bits per heavy atom. The zero-order valence-electron chi connectivity index (χ0n) is 17.6. The second-order valence-electron chi connectivity index (χ2n) is 8.54. The van der Waals surface area contributed by atoms with Gasteiger partial charge in [-0.25, -0.2) is 4.98 Å². The van der Waals surface area contributed by atoms with E-state index in [1.54, 1.807) is 0 Å². The number of hydrogen-bond donors (Lipinski definition) is 1. The smallest absolute Gasteiger partial charge is 0.289 e. The molecule has 0 bridgehead atoms. The molecule has 0 spiro atoms. The molecular weight excluding hydrogens is 364 g/mol. The van der Waals surface area contributed by atoms with Crippen molar-refractivity contribution < 1.29 is 9.59 Å². The Balaban J connectivity index is 1.64. The van der Waals surface area contributed by atoms with E-state index in [4.69, 9.17) is 0 Å². The summed E-state index contributed by atoms with van der Waals surface area (Å²) in [5.41, 5.74) is 4.16. The predicted octanol–water partition coefficient (Wildman–Crippen LogP) is 3.96. The minimum Gasteiger partial charge on any atom is -0.336 e. The summed E-state index contributed by atoms with van der Waals surface area (Å²) in [6, 6.07) is 5.95. The van der Waals surface area contributed by atoms with Crippen molar-refractivity contribution in [2.24, 2.45) is 5.92 Å². The van der Waals surface area contributed by atoms with E-state index in [0.29, 0.717) is 17.4 Å². The molecule has 3 heterocycles. The molecule has 2 aliphatic rings. The SMILES string of the molecule is Cc1cccc(C)c1NC(=O)c1nc(C(=O)N2CCC(C)CC2)n2c1CCCC2. The molecule has 2 aromatic rings. The average Bonchev–Trinajstić information content (AvgIpc) is 3.11. The molecule has 1 aromatic carbocycles. The molecule has 0 atom stereocenters. The normalized spacial score (nSPS) is 17.1. The Morgan fingerprint density at radius 3 is 2.45 bits per heavy atom. The third-order valence-corrected chi connectivity index (χ3v) is 6.31. The van der Waals surface area contributed by atoms with Gasteiger partial charge < -0.3 is 14.8 Å². The van der Waals surface area contributed by atoms with Crippen LogP contribution in [0.3, 0.4) is 0 Å². The van der Waals surface area contributed by atoms with Gasteiger partial charge in [0, 0.05) is 25.3 Å². The lowest BCUT2D eigenvalue weighted by Gasteiger charge is -2.30. The number of carbonyl (C=O) groups is 2. The van der Waals surface area contributed by atoms with Crippen molar-refractivity contribution in [2.75, 3.05) is 18.4 Å². The number of piperidine rings is 1. The number of hydrogen-bond acceptors (Lipinski definition) is 3. The molecule has 4 rings (SSSR count). The number of nitrogens with one attached hydrogen (secondary N) is 1. The summed E-state index contributed by atoms with van der Waals surface area (Å²) in [5, 5.41) is 3.04. The zero-order chi connectivity index (χ0) is 20.5. The van der Waals surface area contributed by atoms with Gasteiger partial charge in [0.15, 0.2) is 11.5 Å². The van der Waals surface area contributed by atoms with E-state index in [-0.39, 0.29) is 11.8 Å². The highest BCUT2D eigenvalue weighted by atomic mass is 16.2. The number of fused-ring (bicyclic) bond motifs is 1. The highest BCUT2D eigenvalue weighted by Crippen LogP contribution is 2.26. The van der Waals surface area contributed by atoms with E-state index >= 15 is 0 Å². The molecule has 1 fully saturated rings. The number of aromatic nitrogens is 2. The molecule has 2 amide bonds. The van der Waals surface area contributed by atoms with E-state index in [1.807, 2.05) is 41.5 Å². The number of aryl methyl sites for hydroxylation is 2. The molecule has 1 saturated heterocycles. The van der Waals surface area contributed by atoms with Crippen LogP contribution in [0.5, 0.6) is 0 Å². The maximum atomic E-state index is 13.2. The maximum Gasteiger partial charge on any atom is 0.289 e. The van der Waals surface area contributed by atoms with Crippen LogP contribution in [0.1, 0.15) is 70.5 Å². The molecule has 154 valence electrons. The number of rotatable bonds is 3. The Labute approximate surface area is 172 Å². The minimum absolute atomic E-state index is 0.0360. The largest absolute Gasteiger partial charge is 0.336 e. The zero-order valence-corrected chi connectivity index (χ0v) is 17.6. The van der Waals surface area contributed by atoms with Crippen molar-refractivity contribution in [3.05, 3.63) is 46.5 Å². The monoisotopic (exact) mass is 394 g/mol.